The van der Waals surface area contributed by atoms with Gasteiger partial charge in [-0.1, -0.05) is 72.9 Å². The third kappa shape index (κ3) is 3.49. The number of allylic oxidation sites excluding steroid dienone is 7. The summed E-state index contributed by atoms with van der Waals surface area (Å²) in [6.45, 7) is 6.54. The minimum Gasteiger partial charge on any atom is -0.329 e. The normalized spacial score (nSPS) is 18.8. The number of nitrogens with zero attached hydrogens (tertiary/aromatic N) is 2. The standard InChI is InChI=1S/C35H30N2S/c1-4-5-11-26-22-38-35-30(26)15-10-17-34(35)37-27-13-7-6-12-25(20-27)31-21-28(18-19-33(31)37)36-24(3)23(2)29-14-8-9-16-32(29)36/h4-21,27H,22H2,1-3H3/b5-4-,26-11+. The van der Waals surface area contributed by atoms with Crippen molar-refractivity contribution in [3.63, 3.8) is 0 Å². The molecule has 2 bridgehead atoms. The third-order valence-corrected chi connectivity index (χ3v) is 9.21. The van der Waals surface area contributed by atoms with E-state index in [-0.39, 0.29) is 6.04 Å². The second kappa shape index (κ2) is 9.11. The van der Waals surface area contributed by atoms with Gasteiger partial charge in [0, 0.05) is 38.7 Å². The van der Waals surface area contributed by atoms with Crippen molar-refractivity contribution in [1.29, 1.82) is 0 Å². The highest BCUT2D eigenvalue weighted by molar-refractivity contribution is 8.00. The van der Waals surface area contributed by atoms with E-state index in [0.717, 1.165) is 5.75 Å². The molecule has 7 rings (SSSR count). The maximum atomic E-state index is 2.53. The van der Waals surface area contributed by atoms with Crippen molar-refractivity contribution in [3.05, 3.63) is 132 Å². The molecule has 1 atom stereocenters. The molecule has 0 fully saturated rings. The zero-order chi connectivity index (χ0) is 25.8. The summed E-state index contributed by atoms with van der Waals surface area (Å²) in [6.07, 6.45) is 17.9. The molecule has 0 radical (unpaired) electrons. The number of fused-ring (bicyclic) bond motifs is 5. The zero-order valence-electron chi connectivity index (χ0n) is 22.0. The molecule has 0 saturated carbocycles. The maximum Gasteiger partial charge on any atom is 0.0718 e. The van der Waals surface area contributed by atoms with Gasteiger partial charge in [0.1, 0.15) is 0 Å². The first kappa shape index (κ1) is 23.2. The second-order valence-corrected chi connectivity index (χ2v) is 11.1. The van der Waals surface area contributed by atoms with Crippen molar-refractivity contribution in [2.75, 3.05) is 10.7 Å². The summed E-state index contributed by atoms with van der Waals surface area (Å²) in [5.41, 5.74) is 13.0. The largest absolute Gasteiger partial charge is 0.329 e. The molecule has 0 N–H and O–H groups in total. The molecule has 1 aliphatic carbocycles. The predicted molar refractivity (Wildman–Crippen MR) is 165 cm³/mol. The highest BCUT2D eigenvalue weighted by Gasteiger charge is 2.31. The molecule has 3 aromatic carbocycles. The molecule has 3 heterocycles. The number of rotatable bonds is 3. The van der Waals surface area contributed by atoms with E-state index in [9.17, 15) is 0 Å². The zero-order valence-corrected chi connectivity index (χ0v) is 22.8. The van der Waals surface area contributed by atoms with Gasteiger partial charge in [-0.25, -0.2) is 0 Å². The topological polar surface area (TPSA) is 8.17 Å². The van der Waals surface area contributed by atoms with Gasteiger partial charge in [-0.15, -0.1) is 11.8 Å². The van der Waals surface area contributed by atoms with Crippen molar-refractivity contribution >= 4 is 45.2 Å². The fourth-order valence-corrected chi connectivity index (χ4v) is 7.31. The Morgan fingerprint density at radius 1 is 0.921 bits per heavy atom. The first-order chi connectivity index (χ1) is 18.7. The fraction of sp³-hybridized carbons (Fsp3) is 0.143. The summed E-state index contributed by atoms with van der Waals surface area (Å²) in [6, 6.07) is 22.7. The van der Waals surface area contributed by atoms with Crippen molar-refractivity contribution in [2.45, 2.75) is 31.7 Å². The van der Waals surface area contributed by atoms with E-state index in [2.05, 4.69) is 140 Å². The van der Waals surface area contributed by atoms with Crippen LogP contribution in [0.15, 0.2) is 114 Å². The Hall–Kier alpha value is -3.95. The molecule has 2 nitrogen and oxygen atoms in total. The summed E-state index contributed by atoms with van der Waals surface area (Å²) in [7, 11) is 0. The molecule has 0 saturated heterocycles. The van der Waals surface area contributed by atoms with Gasteiger partial charge >= 0.3 is 0 Å². The van der Waals surface area contributed by atoms with E-state index >= 15 is 0 Å². The van der Waals surface area contributed by atoms with Crippen LogP contribution in [0.5, 0.6) is 0 Å². The van der Waals surface area contributed by atoms with E-state index < -0.39 is 0 Å². The lowest BCUT2D eigenvalue weighted by molar-refractivity contribution is 0.917. The van der Waals surface area contributed by atoms with Crippen LogP contribution in [0.2, 0.25) is 0 Å². The minimum atomic E-state index is 0.172. The lowest BCUT2D eigenvalue weighted by Crippen LogP contribution is -2.31. The molecule has 38 heavy (non-hydrogen) atoms. The highest BCUT2D eigenvalue weighted by Crippen LogP contribution is 2.50. The quantitative estimate of drug-likeness (QED) is 0.271. The predicted octanol–water partition coefficient (Wildman–Crippen LogP) is 9.34. The van der Waals surface area contributed by atoms with Gasteiger partial charge in [0.2, 0.25) is 0 Å². The number of para-hydroxylation sites is 1. The Kier molecular flexibility index (Phi) is 5.56. The monoisotopic (exact) mass is 510 g/mol. The van der Waals surface area contributed by atoms with Crippen LogP contribution >= 0.6 is 11.8 Å². The molecule has 4 aromatic rings. The highest BCUT2D eigenvalue weighted by atomic mass is 32.2. The van der Waals surface area contributed by atoms with Crippen molar-refractivity contribution in [3.8, 4) is 5.69 Å². The molecule has 1 unspecified atom stereocenters. The number of anilines is 2. The first-order valence-electron chi connectivity index (χ1n) is 13.3. The molecular formula is C35H30N2S. The van der Waals surface area contributed by atoms with Gasteiger partial charge < -0.3 is 9.47 Å². The molecule has 3 aliphatic rings. The Balaban J connectivity index is 1.42. The van der Waals surface area contributed by atoms with Gasteiger partial charge in [0.15, 0.2) is 0 Å². The van der Waals surface area contributed by atoms with Crippen molar-refractivity contribution in [2.24, 2.45) is 0 Å². The Morgan fingerprint density at radius 2 is 1.82 bits per heavy atom. The van der Waals surface area contributed by atoms with Gasteiger partial charge in [-0.05, 0) is 79.5 Å². The van der Waals surface area contributed by atoms with Crippen LogP contribution in [0.25, 0.3) is 27.7 Å². The van der Waals surface area contributed by atoms with E-state index in [1.807, 2.05) is 11.8 Å². The molecule has 1 aromatic heterocycles. The SMILES string of the molecule is C/C=C\C=C1/CSc2c1cccc2N1c2ccc(-n3c(C)c(C)c4ccccc43)cc2C2=CC1C=CC=C2. The van der Waals surface area contributed by atoms with Crippen molar-refractivity contribution < 1.29 is 0 Å². The fourth-order valence-electron chi connectivity index (χ4n) is 6.09. The number of hydrogen-bond donors (Lipinski definition) is 0. The van der Waals surface area contributed by atoms with Crippen LogP contribution in [-0.2, 0) is 0 Å². The molecule has 0 spiro atoms. The van der Waals surface area contributed by atoms with Crippen LogP contribution in [0, 0.1) is 13.8 Å². The Labute approximate surface area is 229 Å². The van der Waals surface area contributed by atoms with Crippen LogP contribution in [-0.4, -0.2) is 16.4 Å². The van der Waals surface area contributed by atoms with Gasteiger partial charge in [0.25, 0.3) is 0 Å². The van der Waals surface area contributed by atoms with Crippen LogP contribution < -0.4 is 4.90 Å². The average Bonchev–Trinajstić information content (AvgIpc) is 3.38. The number of aromatic nitrogens is 1. The van der Waals surface area contributed by atoms with Crippen LogP contribution in [0.3, 0.4) is 0 Å². The number of thioether (sulfide) groups is 1. The second-order valence-electron chi connectivity index (χ2n) is 10.2. The summed E-state index contributed by atoms with van der Waals surface area (Å²) in [5, 5.41) is 1.32. The molecule has 3 heteroatoms. The molecular weight excluding hydrogens is 480 g/mol. The van der Waals surface area contributed by atoms with Crippen LogP contribution in [0.4, 0.5) is 11.4 Å². The third-order valence-electron chi connectivity index (χ3n) is 8.04. The summed E-state index contributed by atoms with van der Waals surface area (Å²) >= 11 is 1.96. The summed E-state index contributed by atoms with van der Waals surface area (Å²) < 4.78 is 2.41. The maximum absolute atomic E-state index is 2.53. The smallest absolute Gasteiger partial charge is 0.0718 e. The number of hydrogen-bond acceptors (Lipinski definition) is 2. The molecule has 0 amide bonds. The van der Waals surface area contributed by atoms with Gasteiger partial charge in [-0.2, -0.15) is 0 Å². The molecule has 2 aliphatic heterocycles. The van der Waals surface area contributed by atoms with Crippen molar-refractivity contribution in [1.82, 2.24) is 4.57 Å². The van der Waals surface area contributed by atoms with Crippen LogP contribution in [0.1, 0.15) is 29.3 Å². The first-order valence-corrected chi connectivity index (χ1v) is 14.3. The average molecular weight is 511 g/mol. The van der Waals surface area contributed by atoms with E-state index in [1.54, 1.807) is 0 Å². The summed E-state index contributed by atoms with van der Waals surface area (Å²) in [4.78, 5) is 3.91. The van der Waals surface area contributed by atoms with E-state index in [1.165, 1.54) is 66.4 Å². The Bertz CT molecular complexity index is 1760. The van der Waals surface area contributed by atoms with E-state index in [4.69, 9.17) is 0 Å². The lowest BCUT2D eigenvalue weighted by Gasteiger charge is -2.37. The Morgan fingerprint density at radius 3 is 2.71 bits per heavy atom. The molecule has 186 valence electrons. The lowest BCUT2D eigenvalue weighted by atomic mass is 9.93. The minimum absolute atomic E-state index is 0.172. The van der Waals surface area contributed by atoms with E-state index in [0.29, 0.717) is 0 Å². The number of aryl methyl sites for hydroxylation is 1. The van der Waals surface area contributed by atoms with Gasteiger partial charge in [0.05, 0.1) is 17.2 Å². The number of benzene rings is 3. The summed E-state index contributed by atoms with van der Waals surface area (Å²) in [5.74, 6) is 1.01. The van der Waals surface area contributed by atoms with Gasteiger partial charge in [-0.3, -0.25) is 0 Å².